The molecule has 1 aliphatic heterocycles. The Hall–Kier alpha value is -3.42. The molecule has 35 heavy (non-hydrogen) atoms. The fourth-order valence-electron chi connectivity index (χ4n) is 5.51. The molecule has 0 atom stereocenters. The number of aromatic nitrogens is 4. The Morgan fingerprint density at radius 3 is 2.69 bits per heavy atom. The standard InChI is InChI=1S/C28H27N5OS/c1-32(21-9-11-34-12-10-21)20-7-5-17(6-8-20)25-14-22-26(35-25)15-23-27(30-31-28(22)23)18-3-4-19-16-29-33(2)24(19)13-18/h3-8,13-14,16,21H,9-12,15H2,1-2H3,(H,30,31). The first-order valence-corrected chi connectivity index (χ1v) is 13.0. The van der Waals surface area contributed by atoms with Crippen LogP contribution in [0.1, 0.15) is 23.3 Å². The number of nitrogens with one attached hydrogen (secondary N) is 1. The molecule has 7 rings (SSSR count). The Morgan fingerprint density at radius 1 is 1.06 bits per heavy atom. The van der Waals surface area contributed by atoms with Crippen LogP contribution in [-0.2, 0) is 18.2 Å². The number of aromatic amines is 1. The summed E-state index contributed by atoms with van der Waals surface area (Å²) in [6, 6.07) is 18.4. The van der Waals surface area contributed by atoms with Crippen LogP contribution in [0.15, 0.2) is 54.7 Å². The molecule has 1 N–H and O–H groups in total. The minimum absolute atomic E-state index is 0.562. The predicted molar refractivity (Wildman–Crippen MR) is 142 cm³/mol. The van der Waals surface area contributed by atoms with Crippen molar-refractivity contribution in [3.05, 3.63) is 65.2 Å². The second-order valence-electron chi connectivity index (χ2n) is 9.59. The van der Waals surface area contributed by atoms with Gasteiger partial charge in [0.2, 0.25) is 0 Å². The number of nitrogens with zero attached hydrogens (tertiary/aromatic N) is 4. The van der Waals surface area contributed by atoms with Crippen molar-refractivity contribution in [1.29, 1.82) is 0 Å². The predicted octanol–water partition coefficient (Wildman–Crippen LogP) is 5.88. The van der Waals surface area contributed by atoms with E-state index in [-0.39, 0.29) is 0 Å². The molecule has 6 nitrogen and oxygen atoms in total. The first-order valence-electron chi connectivity index (χ1n) is 12.2. The molecule has 4 heterocycles. The Kier molecular flexibility index (Phi) is 4.82. The lowest BCUT2D eigenvalue weighted by molar-refractivity contribution is 0.0855. The maximum atomic E-state index is 5.53. The van der Waals surface area contributed by atoms with E-state index in [0.29, 0.717) is 6.04 Å². The molecule has 2 aromatic carbocycles. The Labute approximate surface area is 208 Å². The molecule has 5 aromatic rings. The number of ether oxygens (including phenoxy) is 1. The summed E-state index contributed by atoms with van der Waals surface area (Å²) in [5.41, 5.74) is 9.62. The van der Waals surface area contributed by atoms with Gasteiger partial charge in [0.05, 0.1) is 23.1 Å². The third-order valence-electron chi connectivity index (χ3n) is 7.60. The molecule has 1 fully saturated rings. The Bertz CT molecular complexity index is 1540. The topological polar surface area (TPSA) is 59.0 Å². The Balaban J connectivity index is 1.16. The van der Waals surface area contributed by atoms with Gasteiger partial charge in [-0.2, -0.15) is 10.2 Å². The van der Waals surface area contributed by atoms with Gasteiger partial charge in [-0.3, -0.25) is 9.78 Å². The van der Waals surface area contributed by atoms with Gasteiger partial charge in [-0.1, -0.05) is 24.3 Å². The van der Waals surface area contributed by atoms with Crippen LogP contribution in [-0.4, -0.2) is 46.3 Å². The lowest BCUT2D eigenvalue weighted by Crippen LogP contribution is -2.36. The van der Waals surface area contributed by atoms with Gasteiger partial charge in [-0.05, 0) is 42.7 Å². The van der Waals surface area contributed by atoms with Gasteiger partial charge < -0.3 is 9.64 Å². The molecule has 176 valence electrons. The summed E-state index contributed by atoms with van der Waals surface area (Å²) in [6.45, 7) is 1.73. The molecule has 0 spiro atoms. The summed E-state index contributed by atoms with van der Waals surface area (Å²) < 4.78 is 7.44. The highest BCUT2D eigenvalue weighted by atomic mass is 32.1. The molecule has 0 saturated carbocycles. The molecular weight excluding hydrogens is 454 g/mol. The molecule has 3 aromatic heterocycles. The molecule has 2 aliphatic rings. The van der Waals surface area contributed by atoms with E-state index in [1.54, 1.807) is 0 Å². The summed E-state index contributed by atoms with van der Waals surface area (Å²) >= 11 is 1.90. The largest absolute Gasteiger partial charge is 0.381 e. The molecule has 0 bridgehead atoms. The van der Waals surface area contributed by atoms with Crippen LogP contribution in [0.25, 0.3) is 43.9 Å². The fourth-order valence-corrected chi connectivity index (χ4v) is 6.69. The van der Waals surface area contributed by atoms with Crippen molar-refractivity contribution in [2.75, 3.05) is 25.2 Å². The number of aryl methyl sites for hydroxylation is 1. The number of fused-ring (bicyclic) bond motifs is 4. The van der Waals surface area contributed by atoms with Gasteiger partial charge in [0.15, 0.2) is 0 Å². The van der Waals surface area contributed by atoms with Crippen molar-refractivity contribution in [3.8, 4) is 33.0 Å². The van der Waals surface area contributed by atoms with Crippen molar-refractivity contribution in [2.45, 2.75) is 25.3 Å². The zero-order chi connectivity index (χ0) is 23.5. The third kappa shape index (κ3) is 3.41. The molecule has 1 aliphatic carbocycles. The van der Waals surface area contributed by atoms with Gasteiger partial charge in [-0.15, -0.1) is 11.3 Å². The number of thiophene rings is 1. The van der Waals surface area contributed by atoms with E-state index in [1.807, 2.05) is 29.3 Å². The average Bonchev–Trinajstić information content (AvgIpc) is 3.66. The summed E-state index contributed by atoms with van der Waals surface area (Å²) in [4.78, 5) is 5.13. The van der Waals surface area contributed by atoms with Gasteiger partial charge in [0.25, 0.3) is 0 Å². The summed E-state index contributed by atoms with van der Waals surface area (Å²) in [5.74, 6) is 0. The highest BCUT2D eigenvalue weighted by Gasteiger charge is 2.28. The zero-order valence-corrected chi connectivity index (χ0v) is 20.7. The highest BCUT2D eigenvalue weighted by molar-refractivity contribution is 7.16. The lowest BCUT2D eigenvalue weighted by Gasteiger charge is -2.33. The van der Waals surface area contributed by atoms with Gasteiger partial charge in [0.1, 0.15) is 0 Å². The van der Waals surface area contributed by atoms with E-state index < -0.39 is 0 Å². The molecule has 0 amide bonds. The average molecular weight is 482 g/mol. The van der Waals surface area contributed by atoms with Gasteiger partial charge in [-0.25, -0.2) is 0 Å². The number of hydrogen-bond donors (Lipinski definition) is 1. The van der Waals surface area contributed by atoms with E-state index in [9.17, 15) is 0 Å². The monoisotopic (exact) mass is 481 g/mol. The minimum Gasteiger partial charge on any atom is -0.381 e. The summed E-state index contributed by atoms with van der Waals surface area (Å²) in [6.07, 6.45) is 5.03. The van der Waals surface area contributed by atoms with Crippen molar-refractivity contribution in [3.63, 3.8) is 0 Å². The maximum Gasteiger partial charge on any atom is 0.0963 e. The molecular formula is C28H27N5OS. The number of anilines is 1. The highest BCUT2D eigenvalue weighted by Crippen LogP contribution is 2.46. The zero-order valence-electron chi connectivity index (χ0n) is 19.9. The first kappa shape index (κ1) is 20.9. The van der Waals surface area contributed by atoms with Crippen molar-refractivity contribution in [2.24, 2.45) is 7.05 Å². The lowest BCUT2D eigenvalue weighted by atomic mass is 10.0. The smallest absolute Gasteiger partial charge is 0.0963 e. The number of H-pyrrole nitrogens is 1. The second-order valence-corrected chi connectivity index (χ2v) is 10.7. The first-order chi connectivity index (χ1) is 17.2. The van der Waals surface area contributed by atoms with E-state index in [0.717, 1.165) is 54.6 Å². The quantitative estimate of drug-likeness (QED) is 0.342. The second kappa shape index (κ2) is 8.07. The van der Waals surface area contributed by atoms with E-state index in [4.69, 9.17) is 9.84 Å². The SMILES string of the molecule is CN(c1ccc(-c2cc3c(s2)Cc2c(-c4ccc5cnn(C)c5c4)n[nH]c2-3)cc1)C1CCOCC1. The van der Waals surface area contributed by atoms with Gasteiger partial charge in [0, 0.05) is 77.3 Å². The van der Waals surface area contributed by atoms with Crippen molar-refractivity contribution >= 4 is 27.9 Å². The molecule has 0 unspecified atom stereocenters. The van der Waals surface area contributed by atoms with Crippen LogP contribution < -0.4 is 4.90 Å². The fraction of sp³-hybridized carbons (Fsp3) is 0.286. The Morgan fingerprint density at radius 2 is 1.86 bits per heavy atom. The third-order valence-corrected chi connectivity index (χ3v) is 8.79. The number of benzene rings is 2. The van der Waals surface area contributed by atoms with Crippen LogP contribution in [0, 0.1) is 0 Å². The molecule has 1 saturated heterocycles. The molecule has 0 radical (unpaired) electrons. The van der Waals surface area contributed by atoms with E-state index in [2.05, 4.69) is 70.7 Å². The maximum absolute atomic E-state index is 5.53. The minimum atomic E-state index is 0.562. The summed E-state index contributed by atoms with van der Waals surface area (Å²) in [5, 5.41) is 13.6. The van der Waals surface area contributed by atoms with E-state index in [1.165, 1.54) is 37.8 Å². The van der Waals surface area contributed by atoms with Crippen LogP contribution in [0.3, 0.4) is 0 Å². The van der Waals surface area contributed by atoms with Crippen LogP contribution in [0.4, 0.5) is 5.69 Å². The van der Waals surface area contributed by atoms with Crippen LogP contribution in [0.5, 0.6) is 0 Å². The van der Waals surface area contributed by atoms with Crippen LogP contribution in [0.2, 0.25) is 0 Å². The number of hydrogen-bond acceptors (Lipinski definition) is 5. The van der Waals surface area contributed by atoms with Crippen LogP contribution >= 0.6 is 11.3 Å². The van der Waals surface area contributed by atoms with E-state index >= 15 is 0 Å². The van der Waals surface area contributed by atoms with Crippen molar-refractivity contribution < 1.29 is 4.74 Å². The number of rotatable bonds is 4. The normalized spacial score (nSPS) is 15.5. The molecule has 7 heteroatoms. The summed E-state index contributed by atoms with van der Waals surface area (Å²) in [7, 11) is 4.18. The van der Waals surface area contributed by atoms with Crippen molar-refractivity contribution in [1.82, 2.24) is 20.0 Å². The van der Waals surface area contributed by atoms with Gasteiger partial charge >= 0.3 is 0 Å².